The Kier molecular flexibility index (Phi) is 4.86. The number of nitrogens with zero attached hydrogens (tertiary/aromatic N) is 2. The summed E-state index contributed by atoms with van der Waals surface area (Å²) in [5.74, 6) is -3.25. The van der Waals surface area contributed by atoms with Crippen molar-refractivity contribution in [3.05, 3.63) is 28.8 Å². The number of fused-ring (bicyclic) bond motifs is 1. The molecule has 1 N–H and O–H groups in total. The lowest BCUT2D eigenvalue weighted by Crippen LogP contribution is -2.47. The van der Waals surface area contributed by atoms with Gasteiger partial charge in [-0.2, -0.15) is 0 Å². The number of hydrogen-bond acceptors (Lipinski definition) is 3. The number of benzene rings is 1. The monoisotopic (exact) mass is 420 g/mol. The molecule has 0 spiro atoms. The molecule has 1 aromatic carbocycles. The fourth-order valence-electron chi connectivity index (χ4n) is 4.82. The lowest BCUT2D eigenvalue weighted by atomic mass is 9.84. The molecule has 1 saturated carbocycles. The van der Waals surface area contributed by atoms with Crippen LogP contribution in [0.4, 0.5) is 14.5 Å². The molecule has 4 rings (SSSR count). The van der Waals surface area contributed by atoms with Gasteiger partial charge in [0.2, 0.25) is 11.8 Å². The van der Waals surface area contributed by atoms with Gasteiger partial charge in [-0.15, -0.1) is 0 Å². The van der Waals surface area contributed by atoms with E-state index in [2.05, 4.69) is 0 Å². The number of aliphatic carboxylic acids is 1. The topological polar surface area (TPSA) is 77.9 Å². The summed E-state index contributed by atoms with van der Waals surface area (Å²) in [4.78, 5) is 39.8. The van der Waals surface area contributed by atoms with Crippen LogP contribution < -0.4 is 4.90 Å². The standard InChI is InChI=1S/C22H26F2N2O4/c1-11(8-16(27)28)10-25-7-6-15(20(25)29)26-19-14(23)9-13(12-4-5-12)18(24)17(19)22(2,3)21(26)30/h9,11-12,15H,4-8,10H2,1-3H3,(H,27,28)/t11-,15+/m1/s1. The number of amides is 2. The van der Waals surface area contributed by atoms with E-state index in [9.17, 15) is 14.4 Å². The molecule has 8 heteroatoms. The summed E-state index contributed by atoms with van der Waals surface area (Å²) in [7, 11) is 0. The molecule has 162 valence electrons. The summed E-state index contributed by atoms with van der Waals surface area (Å²) in [5, 5.41) is 8.94. The zero-order valence-electron chi connectivity index (χ0n) is 17.4. The van der Waals surface area contributed by atoms with Gasteiger partial charge in [0.15, 0.2) is 0 Å². The molecule has 30 heavy (non-hydrogen) atoms. The van der Waals surface area contributed by atoms with Crippen molar-refractivity contribution in [2.75, 3.05) is 18.0 Å². The second-order valence-corrected chi connectivity index (χ2v) is 9.35. The van der Waals surface area contributed by atoms with Crippen molar-refractivity contribution < 1.29 is 28.3 Å². The molecule has 2 fully saturated rings. The Balaban J connectivity index is 1.67. The van der Waals surface area contributed by atoms with Crippen LogP contribution in [-0.2, 0) is 19.8 Å². The highest BCUT2D eigenvalue weighted by Crippen LogP contribution is 2.51. The molecule has 0 radical (unpaired) electrons. The van der Waals surface area contributed by atoms with E-state index in [-0.39, 0.29) is 42.0 Å². The molecule has 3 aliphatic rings. The Morgan fingerprint density at radius 1 is 1.27 bits per heavy atom. The second-order valence-electron chi connectivity index (χ2n) is 9.35. The maximum absolute atomic E-state index is 15.3. The van der Waals surface area contributed by atoms with Gasteiger partial charge in [-0.25, -0.2) is 8.78 Å². The molecular formula is C22H26F2N2O4. The predicted octanol–water partition coefficient (Wildman–Crippen LogP) is 3.18. The minimum absolute atomic E-state index is 0.0101. The highest BCUT2D eigenvalue weighted by molar-refractivity contribution is 6.12. The minimum atomic E-state index is -1.27. The molecule has 2 aliphatic heterocycles. The van der Waals surface area contributed by atoms with Crippen molar-refractivity contribution in [1.29, 1.82) is 0 Å². The van der Waals surface area contributed by atoms with Gasteiger partial charge >= 0.3 is 5.97 Å². The van der Waals surface area contributed by atoms with Crippen LogP contribution >= 0.6 is 0 Å². The number of carboxylic acid groups (broad SMARTS) is 1. The third-order valence-electron chi connectivity index (χ3n) is 6.49. The maximum atomic E-state index is 15.3. The first-order valence-electron chi connectivity index (χ1n) is 10.4. The summed E-state index contributed by atoms with van der Waals surface area (Å²) in [6, 6.07) is 0.273. The highest BCUT2D eigenvalue weighted by atomic mass is 19.1. The molecule has 1 saturated heterocycles. The van der Waals surface area contributed by atoms with E-state index in [0.717, 1.165) is 17.7 Å². The largest absolute Gasteiger partial charge is 0.481 e. The first-order valence-corrected chi connectivity index (χ1v) is 10.4. The Morgan fingerprint density at radius 3 is 2.53 bits per heavy atom. The third-order valence-corrected chi connectivity index (χ3v) is 6.49. The van der Waals surface area contributed by atoms with Gasteiger partial charge < -0.3 is 10.0 Å². The zero-order chi connectivity index (χ0) is 22.0. The summed E-state index contributed by atoms with van der Waals surface area (Å²) < 4.78 is 30.5. The fourth-order valence-corrected chi connectivity index (χ4v) is 4.82. The van der Waals surface area contributed by atoms with E-state index in [1.54, 1.807) is 20.8 Å². The van der Waals surface area contributed by atoms with E-state index >= 15 is 8.78 Å². The molecule has 2 atom stereocenters. The van der Waals surface area contributed by atoms with E-state index in [0.29, 0.717) is 18.5 Å². The first-order chi connectivity index (χ1) is 14.0. The van der Waals surface area contributed by atoms with Crippen molar-refractivity contribution in [1.82, 2.24) is 4.90 Å². The number of hydrogen-bond donors (Lipinski definition) is 1. The zero-order valence-corrected chi connectivity index (χ0v) is 17.4. The lowest BCUT2D eigenvalue weighted by molar-refractivity contribution is -0.139. The van der Waals surface area contributed by atoms with E-state index in [1.165, 1.54) is 11.0 Å². The summed E-state index contributed by atoms with van der Waals surface area (Å²) >= 11 is 0. The lowest BCUT2D eigenvalue weighted by Gasteiger charge is -2.27. The Bertz CT molecular complexity index is 942. The first kappa shape index (κ1) is 20.8. The van der Waals surface area contributed by atoms with Crippen LogP contribution in [0.15, 0.2) is 6.07 Å². The number of likely N-dealkylation sites (tertiary alicyclic amines) is 1. The van der Waals surface area contributed by atoms with E-state index < -0.39 is 35.0 Å². The predicted molar refractivity (Wildman–Crippen MR) is 105 cm³/mol. The molecule has 0 unspecified atom stereocenters. The van der Waals surface area contributed by atoms with Crippen LogP contribution in [0.2, 0.25) is 0 Å². The van der Waals surface area contributed by atoms with Gasteiger partial charge in [0, 0.05) is 25.1 Å². The molecule has 2 amide bonds. The van der Waals surface area contributed by atoms with Gasteiger partial charge in [0.1, 0.15) is 17.7 Å². The second kappa shape index (κ2) is 7.03. The Hall–Kier alpha value is -2.51. The van der Waals surface area contributed by atoms with Gasteiger partial charge in [-0.3, -0.25) is 19.3 Å². The number of halogens is 2. The SMILES string of the molecule is C[C@H](CC(=O)O)CN1CC[C@H](N2C(=O)C(C)(C)c3c(F)c(C4CC4)cc(F)c32)C1=O. The van der Waals surface area contributed by atoms with Crippen LogP contribution in [-0.4, -0.2) is 46.9 Å². The molecular weight excluding hydrogens is 394 g/mol. The summed E-state index contributed by atoms with van der Waals surface area (Å²) in [5.41, 5.74) is -1.03. The average Bonchev–Trinajstić information content (AvgIpc) is 3.39. The van der Waals surface area contributed by atoms with Crippen molar-refractivity contribution in [3.8, 4) is 0 Å². The summed E-state index contributed by atoms with van der Waals surface area (Å²) in [6.07, 6.45) is 1.83. The van der Waals surface area contributed by atoms with Gasteiger partial charge in [0.25, 0.3) is 0 Å². The van der Waals surface area contributed by atoms with Crippen LogP contribution in [0.5, 0.6) is 0 Å². The average molecular weight is 420 g/mol. The highest BCUT2D eigenvalue weighted by Gasteiger charge is 2.54. The van der Waals surface area contributed by atoms with Crippen molar-refractivity contribution in [3.63, 3.8) is 0 Å². The molecule has 2 heterocycles. The van der Waals surface area contributed by atoms with Crippen LogP contribution in [0.25, 0.3) is 0 Å². The quantitative estimate of drug-likeness (QED) is 0.767. The number of carbonyl (C=O) groups is 3. The van der Waals surface area contributed by atoms with Crippen LogP contribution in [0.3, 0.4) is 0 Å². The third kappa shape index (κ3) is 3.17. The molecule has 0 aromatic heterocycles. The molecule has 6 nitrogen and oxygen atoms in total. The van der Waals surface area contributed by atoms with Gasteiger partial charge in [-0.1, -0.05) is 6.92 Å². The van der Waals surface area contributed by atoms with Crippen molar-refractivity contribution >= 4 is 23.5 Å². The number of carboxylic acids is 1. The number of rotatable bonds is 6. The molecule has 1 aliphatic carbocycles. The van der Waals surface area contributed by atoms with Gasteiger partial charge in [-0.05, 0) is 56.6 Å². The number of anilines is 1. The van der Waals surface area contributed by atoms with Crippen molar-refractivity contribution in [2.24, 2.45) is 5.92 Å². The van der Waals surface area contributed by atoms with E-state index in [4.69, 9.17) is 5.11 Å². The smallest absolute Gasteiger partial charge is 0.303 e. The summed E-state index contributed by atoms with van der Waals surface area (Å²) in [6.45, 7) is 5.47. The minimum Gasteiger partial charge on any atom is -0.481 e. The number of carbonyl (C=O) groups excluding carboxylic acids is 2. The van der Waals surface area contributed by atoms with Gasteiger partial charge in [0.05, 0.1) is 11.1 Å². The maximum Gasteiger partial charge on any atom is 0.303 e. The normalized spacial score (nSPS) is 23.8. The Morgan fingerprint density at radius 2 is 1.93 bits per heavy atom. The van der Waals surface area contributed by atoms with E-state index in [1.807, 2.05) is 0 Å². The fraction of sp³-hybridized carbons (Fsp3) is 0.591. The molecule has 1 aromatic rings. The van der Waals surface area contributed by atoms with Crippen LogP contribution in [0.1, 0.15) is 63.5 Å². The Labute approximate surface area is 173 Å². The van der Waals surface area contributed by atoms with Crippen LogP contribution in [0, 0.1) is 17.6 Å². The molecule has 0 bridgehead atoms. The van der Waals surface area contributed by atoms with Crippen molar-refractivity contribution in [2.45, 2.75) is 63.8 Å².